The highest BCUT2D eigenvalue weighted by atomic mass is 16.5. The molecule has 0 heterocycles. The summed E-state index contributed by atoms with van der Waals surface area (Å²) in [6, 6.07) is 0. The molecule has 4 atom stereocenters. The summed E-state index contributed by atoms with van der Waals surface area (Å²) >= 11 is 0. The Morgan fingerprint density at radius 3 is 2.95 bits per heavy atom. The summed E-state index contributed by atoms with van der Waals surface area (Å²) in [4.78, 5) is 10.5. The van der Waals surface area contributed by atoms with Gasteiger partial charge in [-0.2, -0.15) is 0 Å². The molecule has 126 valence electrons. The van der Waals surface area contributed by atoms with Gasteiger partial charge in [-0.25, -0.2) is 0 Å². The minimum absolute atomic E-state index is 0.279. The molecule has 0 saturated heterocycles. The maximum atomic E-state index is 10.5. The molecule has 2 saturated carbocycles. The Bertz CT molecular complexity index is 369. The van der Waals surface area contributed by atoms with Crippen molar-refractivity contribution in [2.24, 2.45) is 23.7 Å². The zero-order valence-corrected chi connectivity index (χ0v) is 13.8. The number of unbranched alkanes of at least 4 members (excludes halogenated alkanes) is 1. The fourth-order valence-corrected chi connectivity index (χ4v) is 4.20. The first kappa shape index (κ1) is 17.5. The smallest absolute Gasteiger partial charge is 0.303 e. The molecule has 0 spiro atoms. The molecule has 2 rings (SSSR count). The number of hydrogen-bond acceptors (Lipinski definition) is 3. The number of rotatable bonds is 11. The van der Waals surface area contributed by atoms with Crippen molar-refractivity contribution >= 4 is 5.97 Å². The Kier molecular flexibility index (Phi) is 7.40. The van der Waals surface area contributed by atoms with Crippen LogP contribution in [0.4, 0.5) is 0 Å². The van der Waals surface area contributed by atoms with Crippen LogP contribution < -0.4 is 5.32 Å². The Morgan fingerprint density at radius 1 is 1.36 bits per heavy atom. The van der Waals surface area contributed by atoms with Gasteiger partial charge < -0.3 is 9.84 Å². The van der Waals surface area contributed by atoms with Gasteiger partial charge in [0.2, 0.25) is 0 Å². The SMILES string of the molecule is CCCOCNC[C@@H]1[C@@H]2CCC(C2)[C@H]1/C=C\CCCC(=O)O. The molecule has 2 aliphatic rings. The molecule has 2 fully saturated rings. The average molecular weight is 309 g/mol. The number of nitrogens with one attached hydrogen (secondary N) is 1. The summed E-state index contributed by atoms with van der Waals surface area (Å²) in [6.07, 6.45) is 11.7. The van der Waals surface area contributed by atoms with Crippen LogP contribution in [0.3, 0.4) is 0 Å². The minimum Gasteiger partial charge on any atom is -0.481 e. The molecular formula is C18H31NO3. The highest BCUT2D eigenvalue weighted by Crippen LogP contribution is 2.52. The van der Waals surface area contributed by atoms with Crippen molar-refractivity contribution in [1.29, 1.82) is 0 Å². The van der Waals surface area contributed by atoms with Crippen LogP contribution in [-0.2, 0) is 9.53 Å². The molecular weight excluding hydrogens is 278 g/mol. The maximum Gasteiger partial charge on any atom is 0.303 e. The van der Waals surface area contributed by atoms with E-state index in [0.717, 1.165) is 50.2 Å². The lowest BCUT2D eigenvalue weighted by molar-refractivity contribution is -0.137. The fourth-order valence-electron chi connectivity index (χ4n) is 4.20. The highest BCUT2D eigenvalue weighted by Gasteiger charge is 2.45. The van der Waals surface area contributed by atoms with E-state index in [2.05, 4.69) is 24.4 Å². The number of carboxylic acid groups (broad SMARTS) is 1. The molecule has 0 aromatic heterocycles. The Labute approximate surface area is 134 Å². The lowest BCUT2D eigenvalue weighted by Crippen LogP contribution is -2.33. The zero-order valence-electron chi connectivity index (χ0n) is 13.8. The van der Waals surface area contributed by atoms with Gasteiger partial charge in [-0.05, 0) is 62.2 Å². The number of fused-ring (bicyclic) bond motifs is 2. The monoisotopic (exact) mass is 309 g/mol. The molecule has 0 aromatic rings. The average Bonchev–Trinajstić information content (AvgIpc) is 3.08. The van der Waals surface area contributed by atoms with E-state index in [1.54, 1.807) is 0 Å². The number of carbonyl (C=O) groups is 1. The molecule has 4 heteroatoms. The molecule has 0 amide bonds. The van der Waals surface area contributed by atoms with Gasteiger partial charge in [0.05, 0.1) is 6.73 Å². The van der Waals surface area contributed by atoms with Crippen LogP contribution in [0.1, 0.15) is 51.9 Å². The van der Waals surface area contributed by atoms with Crippen molar-refractivity contribution in [3.05, 3.63) is 12.2 Å². The Hall–Kier alpha value is -0.870. The molecule has 0 aromatic carbocycles. The van der Waals surface area contributed by atoms with E-state index in [4.69, 9.17) is 9.84 Å². The summed E-state index contributed by atoms with van der Waals surface area (Å²) in [5, 5.41) is 12.1. The predicted molar refractivity (Wildman–Crippen MR) is 87.6 cm³/mol. The van der Waals surface area contributed by atoms with Crippen molar-refractivity contribution in [2.45, 2.75) is 51.9 Å². The van der Waals surface area contributed by atoms with Crippen LogP contribution in [0.5, 0.6) is 0 Å². The van der Waals surface area contributed by atoms with Crippen LogP contribution in [0.25, 0.3) is 0 Å². The van der Waals surface area contributed by atoms with Gasteiger partial charge in [-0.3, -0.25) is 10.1 Å². The van der Waals surface area contributed by atoms with Crippen molar-refractivity contribution < 1.29 is 14.6 Å². The van der Waals surface area contributed by atoms with Gasteiger partial charge in [0.15, 0.2) is 0 Å². The van der Waals surface area contributed by atoms with Crippen LogP contribution in [0, 0.1) is 23.7 Å². The largest absolute Gasteiger partial charge is 0.481 e. The minimum atomic E-state index is -0.692. The number of allylic oxidation sites excluding steroid dienone is 2. The molecule has 0 radical (unpaired) electrons. The number of carboxylic acids is 1. The predicted octanol–water partition coefficient (Wildman–Crippen LogP) is 3.43. The van der Waals surface area contributed by atoms with E-state index in [1.807, 2.05) is 0 Å². The molecule has 2 bridgehead atoms. The van der Waals surface area contributed by atoms with Gasteiger partial charge in [-0.15, -0.1) is 0 Å². The number of ether oxygens (including phenoxy) is 1. The molecule has 2 N–H and O–H groups in total. The van der Waals surface area contributed by atoms with Gasteiger partial charge in [0.25, 0.3) is 0 Å². The van der Waals surface area contributed by atoms with Crippen molar-refractivity contribution in [2.75, 3.05) is 19.9 Å². The van der Waals surface area contributed by atoms with E-state index in [0.29, 0.717) is 12.6 Å². The highest BCUT2D eigenvalue weighted by molar-refractivity contribution is 5.66. The molecule has 2 aliphatic carbocycles. The topological polar surface area (TPSA) is 58.6 Å². The normalized spacial score (nSPS) is 30.4. The van der Waals surface area contributed by atoms with Gasteiger partial charge in [-0.1, -0.05) is 19.1 Å². The molecule has 22 heavy (non-hydrogen) atoms. The summed E-state index contributed by atoms with van der Waals surface area (Å²) in [5.41, 5.74) is 0. The second-order valence-corrected chi connectivity index (χ2v) is 6.80. The van der Waals surface area contributed by atoms with Crippen molar-refractivity contribution in [3.8, 4) is 0 Å². The number of aliphatic carboxylic acids is 1. The summed E-state index contributed by atoms with van der Waals surface area (Å²) in [5.74, 6) is 2.45. The van der Waals surface area contributed by atoms with Crippen LogP contribution in [-0.4, -0.2) is 31.0 Å². The first-order chi connectivity index (χ1) is 10.7. The fraction of sp³-hybridized carbons (Fsp3) is 0.833. The first-order valence-corrected chi connectivity index (χ1v) is 8.89. The summed E-state index contributed by atoms with van der Waals surface area (Å²) in [7, 11) is 0. The lowest BCUT2D eigenvalue weighted by atomic mass is 9.79. The second-order valence-electron chi connectivity index (χ2n) is 6.80. The van der Waals surface area contributed by atoms with Gasteiger partial charge >= 0.3 is 5.97 Å². The van der Waals surface area contributed by atoms with Gasteiger partial charge in [0, 0.05) is 19.6 Å². The number of hydrogen-bond donors (Lipinski definition) is 2. The third kappa shape index (κ3) is 5.10. The third-order valence-electron chi connectivity index (χ3n) is 5.21. The maximum absolute atomic E-state index is 10.5. The molecule has 0 aliphatic heterocycles. The Morgan fingerprint density at radius 2 is 2.18 bits per heavy atom. The first-order valence-electron chi connectivity index (χ1n) is 8.89. The Balaban J connectivity index is 1.72. The van der Waals surface area contributed by atoms with Crippen LogP contribution in [0.2, 0.25) is 0 Å². The van der Waals surface area contributed by atoms with E-state index in [1.165, 1.54) is 19.3 Å². The van der Waals surface area contributed by atoms with E-state index in [-0.39, 0.29) is 6.42 Å². The summed E-state index contributed by atoms with van der Waals surface area (Å²) in [6.45, 7) is 4.67. The standard InChI is InChI=1S/C18H31NO3/c1-2-10-22-13-19-12-17-15-9-8-14(11-15)16(17)6-4-3-5-7-18(20)21/h4,6,14-17,19H,2-3,5,7-13H2,1H3,(H,20,21)/b6-4-/t14?,15-,16-,17-/m1/s1. The van der Waals surface area contributed by atoms with E-state index in [9.17, 15) is 4.79 Å². The molecule has 4 nitrogen and oxygen atoms in total. The molecule has 1 unspecified atom stereocenters. The van der Waals surface area contributed by atoms with E-state index >= 15 is 0 Å². The third-order valence-corrected chi connectivity index (χ3v) is 5.21. The van der Waals surface area contributed by atoms with Crippen LogP contribution >= 0.6 is 0 Å². The lowest BCUT2D eigenvalue weighted by Gasteiger charge is -2.29. The van der Waals surface area contributed by atoms with Gasteiger partial charge in [0.1, 0.15) is 0 Å². The quantitative estimate of drug-likeness (QED) is 0.349. The zero-order chi connectivity index (χ0) is 15.8. The van der Waals surface area contributed by atoms with Crippen molar-refractivity contribution in [3.63, 3.8) is 0 Å². The summed E-state index contributed by atoms with van der Waals surface area (Å²) < 4.78 is 5.51. The van der Waals surface area contributed by atoms with Crippen molar-refractivity contribution in [1.82, 2.24) is 5.32 Å². The second kappa shape index (κ2) is 9.31. The van der Waals surface area contributed by atoms with Crippen LogP contribution in [0.15, 0.2) is 12.2 Å². The van der Waals surface area contributed by atoms with E-state index < -0.39 is 5.97 Å².